The van der Waals surface area contributed by atoms with E-state index in [-0.39, 0.29) is 12.5 Å². The van der Waals surface area contributed by atoms with Gasteiger partial charge in [0.25, 0.3) is 0 Å². The lowest BCUT2D eigenvalue weighted by Gasteiger charge is -2.10. The van der Waals surface area contributed by atoms with Crippen LogP contribution in [-0.4, -0.2) is 12.6 Å². The number of hydrogen-bond acceptors (Lipinski definition) is 3. The number of carbonyl (C=O) groups is 1. The van der Waals surface area contributed by atoms with Crippen molar-refractivity contribution in [3.05, 3.63) is 29.8 Å². The molecule has 0 aliphatic carbocycles. The molecular weight excluding hydrogens is 206 g/mol. The first-order valence-electron chi connectivity index (χ1n) is 5.39. The second-order valence-corrected chi connectivity index (χ2v) is 3.61. The molecule has 4 nitrogen and oxygen atoms in total. The van der Waals surface area contributed by atoms with Gasteiger partial charge >= 0.3 is 0 Å². The number of carboxylic acid groups (broad SMARTS) is 1. The van der Waals surface area contributed by atoms with Gasteiger partial charge in [-0.15, -0.1) is 0 Å². The van der Waals surface area contributed by atoms with Crippen molar-refractivity contribution in [3.8, 4) is 5.75 Å². The number of benzene rings is 1. The third-order valence-electron chi connectivity index (χ3n) is 2.36. The van der Waals surface area contributed by atoms with E-state index in [1.165, 1.54) is 0 Å². The largest absolute Gasteiger partial charge is 0.550 e. The molecule has 0 amide bonds. The maximum atomic E-state index is 10.3. The quantitative estimate of drug-likeness (QED) is 0.731. The van der Waals surface area contributed by atoms with Crippen molar-refractivity contribution in [2.24, 2.45) is 0 Å². The number of hydrogen-bond donors (Lipinski definition) is 1. The van der Waals surface area contributed by atoms with E-state index < -0.39 is 5.97 Å². The summed E-state index contributed by atoms with van der Waals surface area (Å²) in [6, 6.07) is 7.55. The predicted molar refractivity (Wildman–Crippen MR) is 57.5 cm³/mol. The first-order chi connectivity index (χ1) is 7.63. The topological polar surface area (TPSA) is 77.0 Å². The minimum atomic E-state index is -1.03. The van der Waals surface area contributed by atoms with Crippen LogP contribution in [0.25, 0.3) is 0 Å². The molecule has 0 aliphatic rings. The van der Waals surface area contributed by atoms with Crippen molar-refractivity contribution in [3.63, 3.8) is 0 Å². The van der Waals surface area contributed by atoms with Crippen LogP contribution in [0.1, 0.15) is 31.4 Å². The molecule has 0 bridgehead atoms. The van der Waals surface area contributed by atoms with E-state index >= 15 is 0 Å². The molecule has 0 spiro atoms. The van der Waals surface area contributed by atoms with Crippen LogP contribution in [0.3, 0.4) is 0 Å². The van der Waals surface area contributed by atoms with Crippen LogP contribution in [0.2, 0.25) is 0 Å². The van der Waals surface area contributed by atoms with Crippen LogP contribution >= 0.6 is 0 Å². The second kappa shape index (κ2) is 6.12. The van der Waals surface area contributed by atoms with Crippen LogP contribution in [-0.2, 0) is 4.79 Å². The fraction of sp³-hybridized carbons (Fsp3) is 0.417. The third-order valence-corrected chi connectivity index (χ3v) is 2.36. The Morgan fingerprint density at radius 2 is 2.06 bits per heavy atom. The van der Waals surface area contributed by atoms with Gasteiger partial charge in [-0.3, -0.25) is 0 Å². The normalized spacial score (nSPS) is 12.1. The van der Waals surface area contributed by atoms with E-state index in [9.17, 15) is 9.90 Å². The molecule has 0 unspecified atom stereocenters. The van der Waals surface area contributed by atoms with Crippen molar-refractivity contribution in [2.75, 3.05) is 6.61 Å². The molecule has 16 heavy (non-hydrogen) atoms. The zero-order valence-corrected chi connectivity index (χ0v) is 9.44. The Balaban J connectivity index is 2.55. The molecule has 1 rings (SSSR count). The van der Waals surface area contributed by atoms with Crippen LogP contribution in [0, 0.1) is 0 Å². The summed E-state index contributed by atoms with van der Waals surface area (Å²) in [7, 11) is 0. The minimum Gasteiger partial charge on any atom is -0.550 e. The SMILES string of the molecule is CCOc1ccc([C@@H]([NH3+])CCC(=O)[O-])cc1. The van der Waals surface area contributed by atoms with E-state index in [1.807, 2.05) is 31.2 Å². The first kappa shape index (κ1) is 12.5. The van der Waals surface area contributed by atoms with Crippen LogP contribution in [0.4, 0.5) is 0 Å². The first-order valence-corrected chi connectivity index (χ1v) is 5.39. The highest BCUT2D eigenvalue weighted by Gasteiger charge is 2.09. The number of rotatable bonds is 6. The molecule has 1 atom stereocenters. The second-order valence-electron chi connectivity index (χ2n) is 3.61. The lowest BCUT2D eigenvalue weighted by Crippen LogP contribution is -2.53. The fourth-order valence-corrected chi connectivity index (χ4v) is 1.46. The molecular formula is C12H17NO3. The number of carboxylic acids is 1. The number of aliphatic carboxylic acids is 1. The van der Waals surface area contributed by atoms with Gasteiger partial charge in [0.15, 0.2) is 0 Å². The van der Waals surface area contributed by atoms with Gasteiger partial charge in [-0.1, -0.05) is 0 Å². The van der Waals surface area contributed by atoms with Gasteiger partial charge in [0.1, 0.15) is 11.8 Å². The summed E-state index contributed by atoms with van der Waals surface area (Å²) in [6.45, 7) is 2.57. The molecule has 0 radical (unpaired) electrons. The molecule has 0 saturated carbocycles. The molecule has 0 fully saturated rings. The monoisotopic (exact) mass is 223 g/mol. The standard InChI is InChI=1S/C12H17NO3/c1-2-16-10-5-3-9(4-6-10)11(13)7-8-12(14)15/h3-6,11H,2,7-8,13H2,1H3,(H,14,15)/t11-/m0/s1. The molecule has 0 saturated heterocycles. The molecule has 88 valence electrons. The summed E-state index contributed by atoms with van der Waals surface area (Å²) in [5, 5.41) is 10.3. The van der Waals surface area contributed by atoms with Gasteiger partial charge in [0, 0.05) is 18.0 Å². The van der Waals surface area contributed by atoms with Crippen molar-refractivity contribution in [1.29, 1.82) is 0 Å². The van der Waals surface area contributed by atoms with E-state index in [2.05, 4.69) is 5.73 Å². The predicted octanol–water partition coefficient (Wildman–Crippen LogP) is -0.102. The lowest BCUT2D eigenvalue weighted by atomic mass is 10.0. The van der Waals surface area contributed by atoms with Gasteiger partial charge in [0.05, 0.1) is 6.61 Å². The molecule has 1 aromatic carbocycles. The Morgan fingerprint density at radius 1 is 1.44 bits per heavy atom. The van der Waals surface area contributed by atoms with Crippen molar-refractivity contribution in [2.45, 2.75) is 25.8 Å². The lowest BCUT2D eigenvalue weighted by molar-refractivity contribution is -0.428. The average molecular weight is 223 g/mol. The Bertz CT molecular complexity index is 335. The fourth-order valence-electron chi connectivity index (χ4n) is 1.46. The Labute approximate surface area is 95.0 Å². The van der Waals surface area contributed by atoms with E-state index in [0.29, 0.717) is 13.0 Å². The zero-order chi connectivity index (χ0) is 12.0. The minimum absolute atomic E-state index is 0.0198. The van der Waals surface area contributed by atoms with Gasteiger partial charge in [-0.2, -0.15) is 0 Å². The molecule has 0 heterocycles. The highest BCUT2D eigenvalue weighted by atomic mass is 16.5. The molecule has 4 heteroatoms. The molecule has 1 aromatic rings. The summed E-state index contributed by atoms with van der Waals surface area (Å²) >= 11 is 0. The number of ether oxygens (including phenoxy) is 1. The summed E-state index contributed by atoms with van der Waals surface area (Å²) in [5.74, 6) is -0.210. The highest BCUT2D eigenvalue weighted by molar-refractivity contribution is 5.64. The average Bonchev–Trinajstić information content (AvgIpc) is 2.27. The van der Waals surface area contributed by atoms with Crippen LogP contribution in [0.5, 0.6) is 5.75 Å². The molecule has 0 aromatic heterocycles. The number of carbonyl (C=O) groups excluding carboxylic acids is 1. The summed E-state index contributed by atoms with van der Waals surface area (Å²) in [5.41, 5.74) is 4.94. The van der Waals surface area contributed by atoms with Crippen LogP contribution < -0.4 is 15.6 Å². The van der Waals surface area contributed by atoms with Gasteiger partial charge in [-0.25, -0.2) is 0 Å². The summed E-state index contributed by atoms with van der Waals surface area (Å²) in [4.78, 5) is 10.3. The maximum Gasteiger partial charge on any atom is 0.119 e. The maximum absolute atomic E-state index is 10.3. The molecule has 0 aliphatic heterocycles. The van der Waals surface area contributed by atoms with Gasteiger partial charge < -0.3 is 20.4 Å². The smallest absolute Gasteiger partial charge is 0.119 e. The third kappa shape index (κ3) is 3.90. The van der Waals surface area contributed by atoms with Crippen molar-refractivity contribution < 1.29 is 20.4 Å². The Morgan fingerprint density at radius 3 is 2.56 bits per heavy atom. The zero-order valence-electron chi connectivity index (χ0n) is 9.44. The van der Waals surface area contributed by atoms with Gasteiger partial charge in [0.2, 0.25) is 0 Å². The van der Waals surface area contributed by atoms with E-state index in [4.69, 9.17) is 4.74 Å². The highest BCUT2D eigenvalue weighted by Crippen LogP contribution is 2.18. The van der Waals surface area contributed by atoms with E-state index in [0.717, 1.165) is 11.3 Å². The Hall–Kier alpha value is -1.55. The van der Waals surface area contributed by atoms with Crippen molar-refractivity contribution in [1.82, 2.24) is 0 Å². The van der Waals surface area contributed by atoms with Crippen LogP contribution in [0.15, 0.2) is 24.3 Å². The summed E-state index contributed by atoms with van der Waals surface area (Å²) < 4.78 is 5.31. The number of quaternary nitrogens is 1. The summed E-state index contributed by atoms with van der Waals surface area (Å²) in [6.07, 6.45) is 0.539. The Kier molecular flexibility index (Phi) is 4.79. The van der Waals surface area contributed by atoms with Gasteiger partial charge in [-0.05, 0) is 37.6 Å². The van der Waals surface area contributed by atoms with E-state index in [1.54, 1.807) is 0 Å². The molecule has 3 N–H and O–H groups in total. The van der Waals surface area contributed by atoms with Crippen molar-refractivity contribution >= 4 is 5.97 Å².